The largest absolute Gasteiger partial charge is 0.391 e. The molecule has 0 radical (unpaired) electrons. The van der Waals surface area contributed by atoms with Gasteiger partial charge in [0.25, 0.3) is 0 Å². The number of amides is 1. The van der Waals surface area contributed by atoms with Crippen LogP contribution in [0.3, 0.4) is 0 Å². The number of carbonyl (C=O) groups is 1. The van der Waals surface area contributed by atoms with Crippen molar-refractivity contribution in [2.45, 2.75) is 44.4 Å². The van der Waals surface area contributed by atoms with E-state index in [4.69, 9.17) is 0 Å². The minimum atomic E-state index is -0.158. The van der Waals surface area contributed by atoms with Crippen LogP contribution < -0.4 is 0 Å². The van der Waals surface area contributed by atoms with Crippen LogP contribution >= 0.6 is 0 Å². The Morgan fingerprint density at radius 3 is 2.33 bits per heavy atom. The van der Waals surface area contributed by atoms with Crippen molar-refractivity contribution in [2.24, 2.45) is 0 Å². The lowest BCUT2D eigenvalue weighted by Crippen LogP contribution is -2.47. The van der Waals surface area contributed by atoms with Crippen LogP contribution in [0, 0.1) is 0 Å². The smallest absolute Gasteiger partial charge is 0.209 e. The molecule has 0 aromatic carbocycles. The topological polar surface area (TPSA) is 43.8 Å². The molecular formula is C11H20N2O2. The molecule has 2 saturated heterocycles. The molecule has 1 N–H and O–H groups in total. The molecule has 0 unspecified atom stereocenters. The molecule has 0 aliphatic carbocycles. The predicted molar refractivity (Wildman–Crippen MR) is 57.5 cm³/mol. The van der Waals surface area contributed by atoms with E-state index in [0.717, 1.165) is 45.3 Å². The molecule has 0 aromatic heterocycles. The van der Waals surface area contributed by atoms with Gasteiger partial charge in [-0.15, -0.1) is 0 Å². The number of aliphatic hydroxyl groups excluding tert-OH is 1. The summed E-state index contributed by atoms with van der Waals surface area (Å²) in [7, 11) is 0. The number of aliphatic hydroxyl groups is 1. The molecule has 0 aromatic rings. The summed E-state index contributed by atoms with van der Waals surface area (Å²) in [4.78, 5) is 14.8. The SMILES string of the molecule is C[C@H]1[C@@H](O)CCN1C1CCN(C=O)CC1. The fourth-order valence-corrected chi connectivity index (χ4v) is 2.79. The fourth-order valence-electron chi connectivity index (χ4n) is 2.79. The molecule has 2 atom stereocenters. The van der Waals surface area contributed by atoms with E-state index in [1.807, 2.05) is 4.90 Å². The number of hydrogen-bond acceptors (Lipinski definition) is 3. The summed E-state index contributed by atoms with van der Waals surface area (Å²) < 4.78 is 0. The monoisotopic (exact) mass is 212 g/mol. The Kier molecular flexibility index (Phi) is 3.26. The molecule has 4 nitrogen and oxygen atoms in total. The molecule has 15 heavy (non-hydrogen) atoms. The lowest BCUT2D eigenvalue weighted by molar-refractivity contribution is -0.119. The van der Waals surface area contributed by atoms with Crippen molar-refractivity contribution >= 4 is 6.41 Å². The number of piperidine rings is 1. The second-order valence-corrected chi connectivity index (χ2v) is 4.71. The molecule has 2 fully saturated rings. The Morgan fingerprint density at radius 2 is 1.87 bits per heavy atom. The summed E-state index contributed by atoms with van der Waals surface area (Å²) >= 11 is 0. The number of likely N-dealkylation sites (tertiary alicyclic amines) is 2. The third-order valence-corrected chi connectivity index (χ3v) is 3.88. The number of nitrogens with zero attached hydrogens (tertiary/aromatic N) is 2. The second kappa shape index (κ2) is 4.49. The van der Waals surface area contributed by atoms with Gasteiger partial charge in [-0.25, -0.2) is 0 Å². The zero-order chi connectivity index (χ0) is 10.8. The lowest BCUT2D eigenvalue weighted by Gasteiger charge is -2.37. The van der Waals surface area contributed by atoms with Gasteiger partial charge >= 0.3 is 0 Å². The maximum atomic E-state index is 10.6. The molecule has 2 heterocycles. The Balaban J connectivity index is 1.88. The van der Waals surface area contributed by atoms with Gasteiger partial charge < -0.3 is 10.0 Å². The average Bonchev–Trinajstić information content (AvgIpc) is 2.60. The zero-order valence-electron chi connectivity index (χ0n) is 9.30. The maximum Gasteiger partial charge on any atom is 0.209 e. The maximum absolute atomic E-state index is 10.6. The van der Waals surface area contributed by atoms with E-state index in [1.165, 1.54) is 0 Å². The summed E-state index contributed by atoms with van der Waals surface area (Å²) in [6, 6.07) is 0.853. The van der Waals surface area contributed by atoms with Crippen LogP contribution in [0.25, 0.3) is 0 Å². The van der Waals surface area contributed by atoms with Gasteiger partial charge in [-0.2, -0.15) is 0 Å². The van der Waals surface area contributed by atoms with Gasteiger partial charge in [0.1, 0.15) is 0 Å². The van der Waals surface area contributed by atoms with Crippen LogP contribution in [-0.4, -0.2) is 59.1 Å². The van der Waals surface area contributed by atoms with E-state index in [-0.39, 0.29) is 12.1 Å². The number of rotatable bonds is 2. The van der Waals surface area contributed by atoms with Gasteiger partial charge in [-0.1, -0.05) is 0 Å². The molecule has 0 spiro atoms. The van der Waals surface area contributed by atoms with E-state index < -0.39 is 0 Å². The van der Waals surface area contributed by atoms with Crippen LogP contribution in [0.5, 0.6) is 0 Å². The van der Waals surface area contributed by atoms with Gasteiger partial charge in [0.2, 0.25) is 6.41 Å². The van der Waals surface area contributed by atoms with Gasteiger partial charge in [-0.05, 0) is 26.2 Å². The zero-order valence-corrected chi connectivity index (χ0v) is 9.30. The first-order valence-corrected chi connectivity index (χ1v) is 5.85. The van der Waals surface area contributed by atoms with Gasteiger partial charge in [-0.3, -0.25) is 9.69 Å². The molecular weight excluding hydrogens is 192 g/mol. The van der Waals surface area contributed by atoms with Crippen molar-refractivity contribution in [3.05, 3.63) is 0 Å². The van der Waals surface area contributed by atoms with Crippen molar-refractivity contribution in [2.75, 3.05) is 19.6 Å². The molecule has 1 amide bonds. The molecule has 4 heteroatoms. The summed E-state index contributed by atoms with van der Waals surface area (Å²) in [5.41, 5.74) is 0. The highest BCUT2D eigenvalue weighted by Gasteiger charge is 2.35. The standard InChI is InChI=1S/C11H20N2O2/c1-9-11(15)4-7-13(9)10-2-5-12(8-14)6-3-10/h8-11,15H,2-7H2,1H3/t9-,11-/m0/s1. The van der Waals surface area contributed by atoms with Crippen LogP contribution in [-0.2, 0) is 4.79 Å². The minimum absolute atomic E-state index is 0.158. The number of carbonyl (C=O) groups excluding carboxylic acids is 1. The number of hydrogen-bond donors (Lipinski definition) is 1. The first-order valence-electron chi connectivity index (χ1n) is 5.85. The van der Waals surface area contributed by atoms with Crippen LogP contribution in [0.15, 0.2) is 0 Å². The Bertz CT molecular complexity index is 227. The average molecular weight is 212 g/mol. The fraction of sp³-hybridized carbons (Fsp3) is 0.909. The van der Waals surface area contributed by atoms with Gasteiger partial charge in [0.05, 0.1) is 6.10 Å². The van der Waals surface area contributed by atoms with E-state index >= 15 is 0 Å². The Labute approximate surface area is 90.9 Å². The van der Waals surface area contributed by atoms with Gasteiger partial charge in [0, 0.05) is 31.7 Å². The van der Waals surface area contributed by atoms with Crippen molar-refractivity contribution < 1.29 is 9.90 Å². The summed E-state index contributed by atoms with van der Waals surface area (Å²) in [5, 5.41) is 9.69. The quantitative estimate of drug-likeness (QED) is 0.658. The van der Waals surface area contributed by atoms with Crippen molar-refractivity contribution in [1.82, 2.24) is 9.80 Å². The van der Waals surface area contributed by atoms with Crippen molar-refractivity contribution in [3.63, 3.8) is 0 Å². The predicted octanol–water partition coefficient (Wildman–Crippen LogP) is 0.0623. The van der Waals surface area contributed by atoms with E-state index in [9.17, 15) is 9.90 Å². The summed E-state index contributed by atoms with van der Waals surface area (Å²) in [6.45, 7) is 4.85. The highest BCUT2D eigenvalue weighted by atomic mass is 16.3. The van der Waals surface area contributed by atoms with E-state index in [1.54, 1.807) is 0 Å². The van der Waals surface area contributed by atoms with Gasteiger partial charge in [0.15, 0.2) is 0 Å². The first-order chi connectivity index (χ1) is 7.22. The van der Waals surface area contributed by atoms with Crippen LogP contribution in [0.4, 0.5) is 0 Å². The third kappa shape index (κ3) is 2.16. The normalized spacial score (nSPS) is 34.7. The van der Waals surface area contributed by atoms with Crippen LogP contribution in [0.2, 0.25) is 0 Å². The third-order valence-electron chi connectivity index (χ3n) is 3.88. The Hall–Kier alpha value is -0.610. The van der Waals surface area contributed by atoms with Crippen molar-refractivity contribution in [3.8, 4) is 0 Å². The highest BCUT2D eigenvalue weighted by molar-refractivity contribution is 5.47. The minimum Gasteiger partial charge on any atom is -0.391 e. The van der Waals surface area contributed by atoms with E-state index in [0.29, 0.717) is 6.04 Å². The van der Waals surface area contributed by atoms with Crippen LogP contribution in [0.1, 0.15) is 26.2 Å². The Morgan fingerprint density at radius 1 is 1.20 bits per heavy atom. The molecule has 0 saturated carbocycles. The lowest BCUT2D eigenvalue weighted by atomic mass is 10.0. The summed E-state index contributed by atoms with van der Waals surface area (Å²) in [5.74, 6) is 0. The molecule has 0 bridgehead atoms. The molecule has 2 aliphatic rings. The molecule has 2 aliphatic heterocycles. The molecule has 2 rings (SSSR count). The summed E-state index contributed by atoms with van der Waals surface area (Å²) in [6.07, 6.45) is 3.79. The highest BCUT2D eigenvalue weighted by Crippen LogP contribution is 2.25. The van der Waals surface area contributed by atoms with Crippen molar-refractivity contribution in [1.29, 1.82) is 0 Å². The second-order valence-electron chi connectivity index (χ2n) is 4.71. The van der Waals surface area contributed by atoms with E-state index in [2.05, 4.69) is 11.8 Å². The molecule has 86 valence electrons. The first kappa shape index (κ1) is 10.9.